The number of nitrogens with zero attached hydrogens (tertiary/aromatic N) is 5. The predicted octanol–water partition coefficient (Wildman–Crippen LogP) is 2.79. The molecule has 0 saturated carbocycles. The fourth-order valence-corrected chi connectivity index (χ4v) is 4.76. The molecule has 2 aromatic heterocycles. The third kappa shape index (κ3) is 4.53. The van der Waals surface area contributed by atoms with E-state index in [-0.39, 0.29) is 17.9 Å². The maximum atomic E-state index is 12.5. The van der Waals surface area contributed by atoms with Crippen LogP contribution in [0.15, 0.2) is 73.0 Å². The van der Waals surface area contributed by atoms with E-state index in [4.69, 9.17) is 10.7 Å². The van der Waals surface area contributed by atoms with Crippen LogP contribution < -0.4 is 21.3 Å². The van der Waals surface area contributed by atoms with Crippen LogP contribution in [0, 0.1) is 0 Å². The van der Waals surface area contributed by atoms with Crippen LogP contribution in [-0.2, 0) is 4.79 Å². The highest BCUT2D eigenvalue weighted by molar-refractivity contribution is 5.86. The normalized spacial score (nSPS) is 21.3. The van der Waals surface area contributed by atoms with Crippen molar-refractivity contribution in [2.24, 2.45) is 0 Å². The molecular weight excluding hydrogens is 440 g/mol. The summed E-state index contributed by atoms with van der Waals surface area (Å²) in [6, 6.07) is -0.369. The highest BCUT2D eigenvalue weighted by atomic mass is 16.2. The van der Waals surface area contributed by atoms with Crippen LogP contribution in [0.1, 0.15) is 37.8 Å². The van der Waals surface area contributed by atoms with Crippen molar-refractivity contribution >= 4 is 23.2 Å². The Bertz CT molecular complexity index is 1250. The molecule has 0 aromatic carbocycles. The van der Waals surface area contributed by atoms with Crippen molar-refractivity contribution in [1.29, 1.82) is 0 Å². The fraction of sp³-hybridized carbons (Fsp3) is 0.346. The van der Waals surface area contributed by atoms with Gasteiger partial charge in [-0.2, -0.15) is 0 Å². The van der Waals surface area contributed by atoms with Gasteiger partial charge in [0.1, 0.15) is 17.4 Å². The number of fused-ring (bicyclic) bond motifs is 1. The molecule has 0 radical (unpaired) electrons. The molecule has 3 aliphatic rings. The number of allylic oxidation sites excluding steroid dienone is 6. The first kappa shape index (κ1) is 22.8. The largest absolute Gasteiger partial charge is 0.382 e. The molecule has 9 nitrogen and oxygen atoms in total. The van der Waals surface area contributed by atoms with Gasteiger partial charge in [0.2, 0.25) is 5.95 Å². The summed E-state index contributed by atoms with van der Waals surface area (Å²) >= 11 is 0. The number of amides is 1. The van der Waals surface area contributed by atoms with Crippen LogP contribution in [0.25, 0.3) is 5.52 Å². The number of nitrogen functional groups attached to an aromatic ring is 1. The Kier molecular flexibility index (Phi) is 6.31. The Balaban J connectivity index is 1.35. The number of hydrogen-bond donors (Lipinski definition) is 3. The average Bonchev–Trinajstić information content (AvgIpc) is 3.51. The molecule has 1 aliphatic carbocycles. The monoisotopic (exact) mass is 472 g/mol. The quantitative estimate of drug-likeness (QED) is 0.569. The highest BCUT2D eigenvalue weighted by Crippen LogP contribution is 2.34. The maximum absolute atomic E-state index is 12.5. The molecule has 2 unspecified atom stereocenters. The second-order valence-electron chi connectivity index (χ2n) is 9.05. The number of nitrogens with one attached hydrogen (secondary N) is 2. The lowest BCUT2D eigenvalue weighted by atomic mass is 9.95. The number of dihydropyridines is 1. The minimum absolute atomic E-state index is 0.0373. The molecule has 2 atom stereocenters. The number of nitrogens with two attached hydrogens (primary N) is 1. The molecule has 0 spiro atoms. The standard InChI is InChI=1S/C26H32N8O/c1-3-6-18(2)32-15-16-33(17-32)26-31-22(23-24(27)29-13-14-34(23)26)19-8-10-20(11-9-19)30-25(35)21-7-4-5-12-28-21/h4-5,7-8,10-14,19,21,28H,2-3,6,9,15-17H2,1H3,(H2,27,29)(H,30,35). The second kappa shape index (κ2) is 9.69. The lowest BCUT2D eigenvalue weighted by Gasteiger charge is -2.21. The number of imidazole rings is 1. The molecule has 0 bridgehead atoms. The van der Waals surface area contributed by atoms with Crippen molar-refractivity contribution < 1.29 is 4.79 Å². The molecular formula is C26H32N8O. The van der Waals surface area contributed by atoms with E-state index in [9.17, 15) is 4.79 Å². The van der Waals surface area contributed by atoms with Gasteiger partial charge in [0.15, 0.2) is 0 Å². The van der Waals surface area contributed by atoms with Crippen molar-refractivity contribution in [3.8, 4) is 0 Å². The zero-order valence-electron chi connectivity index (χ0n) is 20.0. The predicted molar refractivity (Wildman–Crippen MR) is 138 cm³/mol. The smallest absolute Gasteiger partial charge is 0.250 e. The van der Waals surface area contributed by atoms with Gasteiger partial charge < -0.3 is 26.2 Å². The zero-order valence-corrected chi connectivity index (χ0v) is 20.0. The van der Waals surface area contributed by atoms with Gasteiger partial charge in [-0.15, -0.1) is 0 Å². The van der Waals surface area contributed by atoms with Crippen molar-refractivity contribution in [2.45, 2.75) is 38.1 Å². The summed E-state index contributed by atoms with van der Waals surface area (Å²) in [5.74, 6) is 1.28. The molecule has 182 valence electrons. The van der Waals surface area contributed by atoms with Crippen LogP contribution in [-0.4, -0.2) is 51.0 Å². The van der Waals surface area contributed by atoms with Crippen LogP contribution in [0.5, 0.6) is 0 Å². The van der Waals surface area contributed by atoms with Gasteiger partial charge in [-0.3, -0.25) is 9.20 Å². The van der Waals surface area contributed by atoms with Crippen molar-refractivity contribution in [3.63, 3.8) is 0 Å². The molecule has 4 heterocycles. The molecule has 4 N–H and O–H groups in total. The number of carbonyl (C=O) groups is 1. The Morgan fingerprint density at radius 1 is 1.31 bits per heavy atom. The average molecular weight is 473 g/mol. The highest BCUT2D eigenvalue weighted by Gasteiger charge is 2.28. The first-order valence-corrected chi connectivity index (χ1v) is 12.1. The molecule has 35 heavy (non-hydrogen) atoms. The SMILES string of the molecule is C=C(CCC)N1CCN(c2nc(C3C=CC(NC(=O)C4C=CC=CN4)=CC3)c3c(N)nccn23)C1. The molecule has 9 heteroatoms. The van der Waals surface area contributed by atoms with E-state index in [0.29, 0.717) is 12.2 Å². The van der Waals surface area contributed by atoms with Crippen molar-refractivity contribution in [3.05, 3.63) is 78.7 Å². The molecule has 2 aliphatic heterocycles. The number of hydrogen-bond acceptors (Lipinski definition) is 7. The number of anilines is 2. The summed E-state index contributed by atoms with van der Waals surface area (Å²) in [7, 11) is 0. The Hall–Kier alpha value is -4.01. The molecule has 1 saturated heterocycles. The molecule has 1 amide bonds. The van der Waals surface area contributed by atoms with E-state index in [1.807, 2.05) is 41.0 Å². The van der Waals surface area contributed by atoms with Crippen LogP contribution in [0.4, 0.5) is 11.8 Å². The van der Waals surface area contributed by atoms with Gasteiger partial charge in [0.25, 0.3) is 5.91 Å². The summed E-state index contributed by atoms with van der Waals surface area (Å²) in [6.45, 7) is 8.99. The minimum Gasteiger partial charge on any atom is -0.382 e. The first-order valence-electron chi connectivity index (χ1n) is 12.1. The van der Waals surface area contributed by atoms with Crippen molar-refractivity contribution in [1.82, 2.24) is 29.9 Å². The Morgan fingerprint density at radius 2 is 2.20 bits per heavy atom. The van der Waals surface area contributed by atoms with Gasteiger partial charge in [-0.1, -0.05) is 44.2 Å². The lowest BCUT2D eigenvalue weighted by Crippen LogP contribution is -2.41. The van der Waals surface area contributed by atoms with Crippen molar-refractivity contribution in [2.75, 3.05) is 30.4 Å². The van der Waals surface area contributed by atoms with E-state index in [1.54, 1.807) is 12.4 Å². The second-order valence-corrected chi connectivity index (χ2v) is 9.05. The number of rotatable bonds is 7. The third-order valence-corrected chi connectivity index (χ3v) is 6.63. The third-order valence-electron chi connectivity index (χ3n) is 6.63. The number of aromatic nitrogens is 3. The van der Waals surface area contributed by atoms with Crippen LogP contribution in [0.3, 0.4) is 0 Å². The molecule has 5 rings (SSSR count). The molecule has 2 aromatic rings. The van der Waals surface area contributed by atoms with E-state index in [2.05, 4.69) is 45.0 Å². The summed E-state index contributed by atoms with van der Waals surface area (Å²) in [5.41, 5.74) is 10.0. The zero-order chi connectivity index (χ0) is 24.4. The number of carbonyl (C=O) groups excluding carboxylic acids is 1. The maximum Gasteiger partial charge on any atom is 0.250 e. The van der Waals surface area contributed by atoms with Gasteiger partial charge >= 0.3 is 0 Å². The van der Waals surface area contributed by atoms with Gasteiger partial charge in [0, 0.05) is 42.8 Å². The molecule has 1 fully saturated rings. The van der Waals surface area contributed by atoms with E-state index in [0.717, 1.165) is 55.5 Å². The van der Waals surface area contributed by atoms with Crippen LogP contribution in [0.2, 0.25) is 0 Å². The summed E-state index contributed by atoms with van der Waals surface area (Å²) < 4.78 is 2.05. The Labute approximate surface area is 205 Å². The fourth-order valence-electron chi connectivity index (χ4n) is 4.76. The van der Waals surface area contributed by atoms with Gasteiger partial charge in [-0.25, -0.2) is 9.97 Å². The van der Waals surface area contributed by atoms with E-state index < -0.39 is 0 Å². The summed E-state index contributed by atoms with van der Waals surface area (Å²) in [5, 5.41) is 6.03. The van der Waals surface area contributed by atoms with E-state index in [1.165, 1.54) is 5.70 Å². The van der Waals surface area contributed by atoms with Gasteiger partial charge in [-0.05, 0) is 31.2 Å². The van der Waals surface area contributed by atoms with E-state index >= 15 is 0 Å². The van der Waals surface area contributed by atoms with Crippen LogP contribution >= 0.6 is 0 Å². The Morgan fingerprint density at radius 3 is 2.94 bits per heavy atom. The summed E-state index contributed by atoms with van der Waals surface area (Å²) in [4.78, 5) is 26.5. The van der Waals surface area contributed by atoms with Gasteiger partial charge in [0.05, 0.1) is 12.4 Å². The minimum atomic E-state index is -0.369. The first-order chi connectivity index (χ1) is 17.0. The summed E-state index contributed by atoms with van der Waals surface area (Å²) in [6.07, 6.45) is 19.8. The lowest BCUT2D eigenvalue weighted by molar-refractivity contribution is -0.121. The topological polar surface area (TPSA) is 104 Å².